The highest BCUT2D eigenvalue weighted by atomic mass is 15.2. The smallest absolute Gasteiger partial charge is 0.203 e. The van der Waals surface area contributed by atoms with Crippen LogP contribution >= 0.6 is 0 Å². The Morgan fingerprint density at radius 2 is 1.91 bits per heavy atom. The monoisotopic (exact) mass is 290 g/mol. The van der Waals surface area contributed by atoms with Gasteiger partial charge in [0.15, 0.2) is 0 Å². The van der Waals surface area contributed by atoms with Gasteiger partial charge in [-0.05, 0) is 43.2 Å². The van der Waals surface area contributed by atoms with Crippen LogP contribution in [-0.4, -0.2) is 23.1 Å². The number of aromatic nitrogens is 2. The summed E-state index contributed by atoms with van der Waals surface area (Å²) in [6.45, 7) is 6.07. The van der Waals surface area contributed by atoms with Gasteiger partial charge in [0, 0.05) is 13.1 Å². The van der Waals surface area contributed by atoms with Crippen molar-refractivity contribution in [2.75, 3.05) is 18.0 Å². The number of nitrogens with one attached hydrogen (secondary N) is 1. The Labute approximate surface area is 130 Å². The SMILES string of the molecule is CCN(CC)c1nc2ccc(-c3ccccc3C#N)cc2[nH]1. The molecule has 0 aliphatic carbocycles. The zero-order valence-electron chi connectivity index (χ0n) is 12.8. The van der Waals surface area contributed by atoms with Crippen LogP contribution in [0.1, 0.15) is 19.4 Å². The van der Waals surface area contributed by atoms with Crippen LogP contribution in [0.2, 0.25) is 0 Å². The predicted molar refractivity (Wildman–Crippen MR) is 89.8 cm³/mol. The average molecular weight is 290 g/mol. The number of benzene rings is 2. The fourth-order valence-corrected chi connectivity index (χ4v) is 2.67. The molecule has 0 aliphatic rings. The minimum absolute atomic E-state index is 0.685. The second-order valence-electron chi connectivity index (χ2n) is 5.12. The molecule has 1 aromatic heterocycles. The fourth-order valence-electron chi connectivity index (χ4n) is 2.67. The number of fused-ring (bicyclic) bond motifs is 1. The van der Waals surface area contributed by atoms with E-state index in [1.54, 1.807) is 0 Å². The van der Waals surface area contributed by atoms with E-state index in [-0.39, 0.29) is 0 Å². The van der Waals surface area contributed by atoms with E-state index in [1.807, 2.05) is 36.4 Å². The molecule has 0 amide bonds. The number of anilines is 1. The maximum Gasteiger partial charge on any atom is 0.203 e. The van der Waals surface area contributed by atoms with Gasteiger partial charge in [-0.3, -0.25) is 0 Å². The maximum absolute atomic E-state index is 9.26. The number of imidazole rings is 1. The summed E-state index contributed by atoms with van der Waals surface area (Å²) >= 11 is 0. The molecule has 0 atom stereocenters. The van der Waals surface area contributed by atoms with Crippen molar-refractivity contribution in [1.82, 2.24) is 9.97 Å². The van der Waals surface area contributed by atoms with Crippen LogP contribution in [0.3, 0.4) is 0 Å². The molecule has 0 aliphatic heterocycles. The Kier molecular flexibility index (Phi) is 3.80. The normalized spacial score (nSPS) is 10.6. The van der Waals surface area contributed by atoms with E-state index in [2.05, 4.69) is 40.9 Å². The number of aromatic amines is 1. The molecule has 0 bridgehead atoms. The molecule has 3 rings (SSSR count). The molecule has 22 heavy (non-hydrogen) atoms. The van der Waals surface area contributed by atoms with Crippen molar-refractivity contribution in [3.8, 4) is 17.2 Å². The van der Waals surface area contributed by atoms with Gasteiger partial charge < -0.3 is 9.88 Å². The van der Waals surface area contributed by atoms with Crippen LogP contribution in [0.4, 0.5) is 5.95 Å². The first kappa shape index (κ1) is 14.2. The lowest BCUT2D eigenvalue weighted by atomic mass is 10.0. The summed E-state index contributed by atoms with van der Waals surface area (Å²) in [5.41, 5.74) is 4.60. The van der Waals surface area contributed by atoms with Crippen LogP contribution in [0.15, 0.2) is 42.5 Å². The molecule has 0 unspecified atom stereocenters. The zero-order chi connectivity index (χ0) is 15.5. The summed E-state index contributed by atoms with van der Waals surface area (Å²) in [4.78, 5) is 10.2. The number of nitrogens with zero attached hydrogens (tertiary/aromatic N) is 3. The number of hydrogen-bond donors (Lipinski definition) is 1. The highest BCUT2D eigenvalue weighted by molar-refractivity contribution is 5.84. The molecule has 1 N–H and O–H groups in total. The van der Waals surface area contributed by atoms with E-state index in [0.29, 0.717) is 5.56 Å². The Hall–Kier alpha value is -2.80. The minimum atomic E-state index is 0.685. The maximum atomic E-state index is 9.26. The standard InChI is InChI=1S/C18H18N4/c1-3-22(4-2)18-20-16-10-9-13(11-17(16)21-18)15-8-6-5-7-14(15)12-19/h5-11H,3-4H2,1-2H3,(H,20,21). The van der Waals surface area contributed by atoms with Crippen molar-refractivity contribution in [2.45, 2.75) is 13.8 Å². The second-order valence-corrected chi connectivity index (χ2v) is 5.12. The second kappa shape index (κ2) is 5.90. The largest absolute Gasteiger partial charge is 0.343 e. The summed E-state index contributed by atoms with van der Waals surface area (Å²) in [5.74, 6) is 0.894. The van der Waals surface area contributed by atoms with Crippen molar-refractivity contribution in [2.24, 2.45) is 0 Å². The number of nitriles is 1. The lowest BCUT2D eigenvalue weighted by Gasteiger charge is -2.16. The Morgan fingerprint density at radius 3 is 2.64 bits per heavy atom. The topological polar surface area (TPSA) is 55.7 Å². The van der Waals surface area contributed by atoms with Gasteiger partial charge in [-0.25, -0.2) is 4.98 Å². The van der Waals surface area contributed by atoms with Crippen molar-refractivity contribution in [1.29, 1.82) is 5.26 Å². The summed E-state index contributed by atoms with van der Waals surface area (Å²) in [6, 6.07) is 16.0. The van der Waals surface area contributed by atoms with E-state index < -0.39 is 0 Å². The van der Waals surface area contributed by atoms with E-state index in [4.69, 9.17) is 0 Å². The van der Waals surface area contributed by atoms with Gasteiger partial charge >= 0.3 is 0 Å². The van der Waals surface area contributed by atoms with Crippen LogP contribution in [0.25, 0.3) is 22.2 Å². The molecule has 0 radical (unpaired) electrons. The lowest BCUT2D eigenvalue weighted by Crippen LogP contribution is -2.22. The molecular formula is C18H18N4. The molecule has 0 saturated carbocycles. The van der Waals surface area contributed by atoms with Gasteiger partial charge in [0.2, 0.25) is 5.95 Å². The van der Waals surface area contributed by atoms with E-state index in [0.717, 1.165) is 41.2 Å². The molecule has 110 valence electrons. The van der Waals surface area contributed by atoms with Crippen LogP contribution < -0.4 is 4.90 Å². The highest BCUT2D eigenvalue weighted by Crippen LogP contribution is 2.27. The average Bonchev–Trinajstić information content (AvgIpc) is 2.98. The first-order valence-corrected chi connectivity index (χ1v) is 7.51. The Balaban J connectivity index is 2.09. The molecule has 3 aromatic rings. The minimum Gasteiger partial charge on any atom is -0.343 e. The fraction of sp³-hybridized carbons (Fsp3) is 0.222. The Bertz CT molecular complexity index is 838. The highest BCUT2D eigenvalue weighted by Gasteiger charge is 2.10. The van der Waals surface area contributed by atoms with Crippen molar-refractivity contribution in [3.63, 3.8) is 0 Å². The predicted octanol–water partition coefficient (Wildman–Crippen LogP) is 3.95. The van der Waals surface area contributed by atoms with Crippen molar-refractivity contribution in [3.05, 3.63) is 48.0 Å². The van der Waals surface area contributed by atoms with Gasteiger partial charge in [0.05, 0.1) is 22.7 Å². The molecule has 0 saturated heterocycles. The molecule has 2 aromatic carbocycles. The third kappa shape index (κ3) is 2.42. The van der Waals surface area contributed by atoms with E-state index >= 15 is 0 Å². The third-order valence-corrected chi connectivity index (χ3v) is 3.89. The Morgan fingerprint density at radius 1 is 1.14 bits per heavy atom. The molecule has 4 nitrogen and oxygen atoms in total. The van der Waals surface area contributed by atoms with Gasteiger partial charge in [0.1, 0.15) is 0 Å². The number of hydrogen-bond acceptors (Lipinski definition) is 3. The van der Waals surface area contributed by atoms with Crippen LogP contribution in [0, 0.1) is 11.3 Å². The van der Waals surface area contributed by atoms with E-state index in [1.165, 1.54) is 0 Å². The van der Waals surface area contributed by atoms with Crippen molar-refractivity contribution >= 4 is 17.0 Å². The molecule has 1 heterocycles. The van der Waals surface area contributed by atoms with Crippen LogP contribution in [-0.2, 0) is 0 Å². The zero-order valence-corrected chi connectivity index (χ0v) is 12.8. The summed E-state index contributed by atoms with van der Waals surface area (Å²) in [7, 11) is 0. The summed E-state index contributed by atoms with van der Waals surface area (Å²) in [6.07, 6.45) is 0. The van der Waals surface area contributed by atoms with Crippen LogP contribution in [0.5, 0.6) is 0 Å². The first-order valence-electron chi connectivity index (χ1n) is 7.51. The first-order chi connectivity index (χ1) is 10.8. The summed E-state index contributed by atoms with van der Waals surface area (Å²) < 4.78 is 0. The molecular weight excluding hydrogens is 272 g/mol. The van der Waals surface area contributed by atoms with Crippen molar-refractivity contribution < 1.29 is 0 Å². The number of rotatable bonds is 4. The quantitative estimate of drug-likeness (QED) is 0.791. The van der Waals surface area contributed by atoms with Gasteiger partial charge in [-0.15, -0.1) is 0 Å². The lowest BCUT2D eigenvalue weighted by molar-refractivity contribution is 0.835. The molecule has 4 heteroatoms. The number of H-pyrrole nitrogens is 1. The van der Waals surface area contributed by atoms with E-state index in [9.17, 15) is 5.26 Å². The third-order valence-electron chi connectivity index (χ3n) is 3.89. The molecule has 0 fully saturated rings. The molecule has 0 spiro atoms. The summed E-state index contributed by atoms with van der Waals surface area (Å²) in [5, 5.41) is 9.26. The van der Waals surface area contributed by atoms with Gasteiger partial charge in [0.25, 0.3) is 0 Å². The van der Waals surface area contributed by atoms with Gasteiger partial charge in [-0.2, -0.15) is 5.26 Å². The van der Waals surface area contributed by atoms with Gasteiger partial charge in [-0.1, -0.05) is 24.3 Å².